The lowest BCUT2D eigenvalue weighted by Gasteiger charge is -2.15. The zero-order valence-corrected chi connectivity index (χ0v) is 15.3. The summed E-state index contributed by atoms with van der Waals surface area (Å²) >= 11 is 5.97. The van der Waals surface area contributed by atoms with Crippen LogP contribution in [0.5, 0.6) is 0 Å². The summed E-state index contributed by atoms with van der Waals surface area (Å²) in [5, 5.41) is 3.45. The van der Waals surface area contributed by atoms with Crippen LogP contribution in [0.3, 0.4) is 0 Å². The molecule has 0 radical (unpaired) electrons. The lowest BCUT2D eigenvalue weighted by Crippen LogP contribution is -2.28. The molecule has 0 heterocycles. The maximum Gasteiger partial charge on any atom is 0.251 e. The van der Waals surface area contributed by atoms with Gasteiger partial charge in [0.05, 0.1) is 10.9 Å². The van der Waals surface area contributed by atoms with Gasteiger partial charge in [-0.1, -0.05) is 29.8 Å². The topological polar surface area (TPSA) is 75.3 Å². The van der Waals surface area contributed by atoms with Crippen molar-refractivity contribution in [1.82, 2.24) is 10.0 Å². The fraction of sp³-hybridized carbons (Fsp3) is 0.278. The first-order valence-electron chi connectivity index (χ1n) is 8.04. The Labute approximate surface area is 152 Å². The molecular weight excluding hydrogens is 360 g/mol. The predicted molar refractivity (Wildman–Crippen MR) is 97.1 cm³/mol. The molecule has 1 saturated carbocycles. The Bertz CT molecular complexity index is 895. The summed E-state index contributed by atoms with van der Waals surface area (Å²) in [4.78, 5) is 12.6. The fourth-order valence-electron chi connectivity index (χ4n) is 2.43. The number of carbonyl (C=O) groups excluding carboxylic acids is 1. The van der Waals surface area contributed by atoms with Crippen molar-refractivity contribution in [3.05, 3.63) is 64.7 Å². The number of carbonyl (C=O) groups is 1. The third-order valence-electron chi connectivity index (χ3n) is 4.00. The zero-order chi connectivity index (χ0) is 18.0. The van der Waals surface area contributed by atoms with Gasteiger partial charge in [0.15, 0.2) is 0 Å². The van der Waals surface area contributed by atoms with Gasteiger partial charge in [-0.05, 0) is 55.7 Å². The largest absolute Gasteiger partial charge is 0.346 e. The summed E-state index contributed by atoms with van der Waals surface area (Å²) < 4.78 is 27.2. The summed E-state index contributed by atoms with van der Waals surface area (Å²) in [6, 6.07) is 13.0. The molecule has 5 nitrogen and oxygen atoms in total. The molecule has 1 unspecified atom stereocenters. The summed E-state index contributed by atoms with van der Waals surface area (Å²) in [6.45, 7) is 1.85. The lowest BCUT2D eigenvalue weighted by molar-refractivity contribution is 0.0939. The van der Waals surface area contributed by atoms with Gasteiger partial charge in [0, 0.05) is 16.6 Å². The van der Waals surface area contributed by atoms with E-state index in [1.807, 2.05) is 19.1 Å². The van der Waals surface area contributed by atoms with Crippen LogP contribution < -0.4 is 10.0 Å². The summed E-state index contributed by atoms with van der Waals surface area (Å²) in [5.41, 5.74) is 1.17. The van der Waals surface area contributed by atoms with E-state index < -0.39 is 10.0 Å². The summed E-state index contributed by atoms with van der Waals surface area (Å²) in [6.07, 6.45) is 1.72. The number of nitrogens with one attached hydrogen (secondary N) is 2. The Morgan fingerprint density at radius 2 is 1.88 bits per heavy atom. The van der Waals surface area contributed by atoms with Crippen molar-refractivity contribution >= 4 is 27.5 Å². The molecule has 3 rings (SSSR count). The first-order valence-corrected chi connectivity index (χ1v) is 9.90. The number of rotatable bonds is 6. The molecule has 0 aliphatic heterocycles. The van der Waals surface area contributed by atoms with Crippen LogP contribution in [0, 0.1) is 0 Å². The Morgan fingerprint density at radius 1 is 1.16 bits per heavy atom. The van der Waals surface area contributed by atoms with Gasteiger partial charge >= 0.3 is 0 Å². The van der Waals surface area contributed by atoms with Gasteiger partial charge in [0.1, 0.15) is 0 Å². The average molecular weight is 379 g/mol. The second kappa shape index (κ2) is 7.15. The first-order chi connectivity index (χ1) is 11.8. The molecule has 2 N–H and O–H groups in total. The normalized spacial score (nSPS) is 15.6. The van der Waals surface area contributed by atoms with Gasteiger partial charge in [0.25, 0.3) is 5.91 Å². The van der Waals surface area contributed by atoms with Gasteiger partial charge in [-0.25, -0.2) is 13.1 Å². The maximum atomic E-state index is 12.5. The van der Waals surface area contributed by atoms with E-state index in [0.717, 1.165) is 18.4 Å². The van der Waals surface area contributed by atoms with E-state index in [9.17, 15) is 13.2 Å². The number of hydrogen-bond acceptors (Lipinski definition) is 3. The molecule has 0 spiro atoms. The predicted octanol–water partition coefficient (Wildman–Crippen LogP) is 3.27. The van der Waals surface area contributed by atoms with E-state index in [1.165, 1.54) is 12.1 Å². The molecule has 1 fully saturated rings. The Kier molecular flexibility index (Phi) is 5.13. The van der Waals surface area contributed by atoms with E-state index in [1.54, 1.807) is 24.3 Å². The molecule has 2 aromatic rings. The third-order valence-corrected chi connectivity index (χ3v) is 5.76. The van der Waals surface area contributed by atoms with Crippen LogP contribution in [0.4, 0.5) is 0 Å². The van der Waals surface area contributed by atoms with E-state index in [2.05, 4.69) is 10.0 Å². The van der Waals surface area contributed by atoms with Crippen LogP contribution in [0.15, 0.2) is 53.4 Å². The SMILES string of the molecule is CC(NC(=O)c1cccc(S(=O)(=O)NC2CC2)c1)c1cccc(Cl)c1. The molecule has 25 heavy (non-hydrogen) atoms. The molecule has 0 saturated heterocycles. The van der Waals surface area contributed by atoms with Gasteiger partial charge in [-0.3, -0.25) is 4.79 Å². The molecule has 1 amide bonds. The van der Waals surface area contributed by atoms with Crippen LogP contribution in [0.1, 0.15) is 41.7 Å². The van der Waals surface area contributed by atoms with Crippen molar-refractivity contribution in [2.24, 2.45) is 0 Å². The fourth-order valence-corrected chi connectivity index (χ4v) is 3.98. The molecule has 1 atom stereocenters. The maximum absolute atomic E-state index is 12.5. The highest BCUT2D eigenvalue weighted by atomic mass is 35.5. The van der Waals surface area contributed by atoms with Crippen LogP contribution >= 0.6 is 11.6 Å². The second-order valence-corrected chi connectivity index (χ2v) is 8.32. The first kappa shape index (κ1) is 17.9. The highest BCUT2D eigenvalue weighted by Gasteiger charge is 2.28. The van der Waals surface area contributed by atoms with Crippen LogP contribution in [-0.4, -0.2) is 20.4 Å². The summed E-state index contributed by atoms with van der Waals surface area (Å²) in [5.74, 6) is -0.337. The average Bonchev–Trinajstić information content (AvgIpc) is 3.38. The highest BCUT2D eigenvalue weighted by molar-refractivity contribution is 7.89. The molecule has 1 aliphatic rings. The second-order valence-electron chi connectivity index (χ2n) is 6.17. The van der Waals surface area contributed by atoms with E-state index in [4.69, 9.17) is 11.6 Å². The van der Waals surface area contributed by atoms with Crippen molar-refractivity contribution in [3.8, 4) is 0 Å². The number of benzene rings is 2. The van der Waals surface area contributed by atoms with Crippen molar-refractivity contribution in [2.75, 3.05) is 0 Å². The third kappa shape index (κ3) is 4.60. The number of sulfonamides is 1. The Balaban J connectivity index is 1.75. The highest BCUT2D eigenvalue weighted by Crippen LogP contribution is 2.23. The zero-order valence-electron chi connectivity index (χ0n) is 13.7. The van der Waals surface area contributed by atoms with E-state index in [-0.39, 0.29) is 22.9 Å². The molecule has 0 bridgehead atoms. The van der Waals surface area contributed by atoms with Crippen LogP contribution in [0.2, 0.25) is 5.02 Å². The van der Waals surface area contributed by atoms with Crippen LogP contribution in [-0.2, 0) is 10.0 Å². The van der Waals surface area contributed by atoms with Crippen molar-refractivity contribution in [2.45, 2.75) is 36.7 Å². The van der Waals surface area contributed by atoms with Gasteiger partial charge < -0.3 is 5.32 Å². The lowest BCUT2D eigenvalue weighted by atomic mass is 10.1. The van der Waals surface area contributed by atoms with Gasteiger partial charge in [0.2, 0.25) is 10.0 Å². The number of halogens is 1. The minimum atomic E-state index is -3.59. The monoisotopic (exact) mass is 378 g/mol. The smallest absolute Gasteiger partial charge is 0.251 e. The van der Waals surface area contributed by atoms with Crippen molar-refractivity contribution in [1.29, 1.82) is 0 Å². The Morgan fingerprint density at radius 3 is 2.56 bits per heavy atom. The van der Waals surface area contributed by atoms with Crippen LogP contribution in [0.25, 0.3) is 0 Å². The van der Waals surface area contributed by atoms with Crippen molar-refractivity contribution < 1.29 is 13.2 Å². The molecule has 2 aromatic carbocycles. The minimum absolute atomic E-state index is 0.0188. The molecular formula is C18H19ClN2O3S. The van der Waals surface area contributed by atoms with Gasteiger partial charge in [-0.15, -0.1) is 0 Å². The molecule has 0 aromatic heterocycles. The standard InChI is InChI=1S/C18H19ClN2O3S/c1-12(13-4-2-6-15(19)10-13)20-18(22)14-5-3-7-17(11-14)25(23,24)21-16-8-9-16/h2-7,10-12,16,21H,8-9H2,1H3,(H,20,22). The number of hydrogen-bond donors (Lipinski definition) is 2. The van der Waals surface area contributed by atoms with Gasteiger partial charge in [-0.2, -0.15) is 0 Å². The minimum Gasteiger partial charge on any atom is -0.346 e. The quantitative estimate of drug-likeness (QED) is 0.810. The number of amides is 1. The van der Waals surface area contributed by atoms with E-state index >= 15 is 0 Å². The Hall–Kier alpha value is -1.89. The van der Waals surface area contributed by atoms with E-state index in [0.29, 0.717) is 10.6 Å². The van der Waals surface area contributed by atoms with Crippen molar-refractivity contribution in [3.63, 3.8) is 0 Å². The molecule has 7 heteroatoms. The molecule has 1 aliphatic carbocycles. The molecule has 132 valence electrons. The summed E-state index contributed by atoms with van der Waals surface area (Å²) in [7, 11) is -3.59.